The van der Waals surface area contributed by atoms with Crippen molar-refractivity contribution in [2.24, 2.45) is 0 Å². The van der Waals surface area contributed by atoms with Crippen molar-refractivity contribution in [2.45, 2.75) is 60.8 Å². The van der Waals surface area contributed by atoms with Crippen molar-refractivity contribution in [1.29, 1.82) is 0 Å². The summed E-state index contributed by atoms with van der Waals surface area (Å²) in [6.45, 7) is 7.55. The van der Waals surface area contributed by atoms with Crippen molar-refractivity contribution >= 4 is 50.3 Å². The summed E-state index contributed by atoms with van der Waals surface area (Å²) in [6.07, 6.45) is 1.34. The second-order valence-electron chi connectivity index (χ2n) is 7.28. The van der Waals surface area contributed by atoms with Gasteiger partial charge in [-0.2, -0.15) is 0 Å². The van der Waals surface area contributed by atoms with E-state index in [9.17, 15) is 23.8 Å². The molecule has 1 heterocycles. The maximum atomic E-state index is 13.2. The van der Waals surface area contributed by atoms with Crippen LogP contribution in [0.2, 0.25) is 0 Å². The Bertz CT molecular complexity index is 1160. The third-order valence-corrected chi connectivity index (χ3v) is 8.85. The molecule has 3 aromatic rings. The molecule has 2 aromatic carbocycles. The number of hydrogen-bond acceptors (Lipinski definition) is 5. The highest BCUT2D eigenvalue weighted by molar-refractivity contribution is 7.93. The molecule has 4 atom stereocenters. The Morgan fingerprint density at radius 1 is 1.03 bits per heavy atom. The van der Waals surface area contributed by atoms with Gasteiger partial charge in [0.2, 0.25) is 10.3 Å². The summed E-state index contributed by atoms with van der Waals surface area (Å²) in [4.78, 5) is 25.3. The number of carboxylic acid groups (broad SMARTS) is 1. The van der Waals surface area contributed by atoms with Crippen LogP contribution in [0.4, 0.5) is 0 Å². The van der Waals surface area contributed by atoms with Crippen LogP contribution in [0.15, 0.2) is 49.3 Å². The molecule has 6 nitrogen and oxygen atoms in total. The smallest absolute Gasteiger partial charge is 0.335 e. The molecule has 1 N–H and O–H groups in total. The molecule has 3 rings (SSSR count). The number of benzene rings is 2. The van der Waals surface area contributed by atoms with Gasteiger partial charge in [-0.3, -0.25) is 4.79 Å². The van der Waals surface area contributed by atoms with Crippen molar-refractivity contribution in [3.05, 3.63) is 46.1 Å². The molecule has 0 aliphatic rings. The van der Waals surface area contributed by atoms with E-state index in [-0.39, 0.29) is 38.0 Å². The largest absolute Gasteiger partial charge is 0.611 e. The lowest BCUT2D eigenvalue weighted by Gasteiger charge is -2.20. The molecule has 8 heteroatoms. The molecule has 0 spiro atoms. The topological polar surface area (TPSA) is 114 Å². The van der Waals surface area contributed by atoms with Gasteiger partial charge in [0.1, 0.15) is 16.1 Å². The lowest BCUT2D eigenvalue weighted by atomic mass is 10.1. The van der Waals surface area contributed by atoms with E-state index in [1.165, 1.54) is 24.3 Å². The van der Waals surface area contributed by atoms with Gasteiger partial charge in [0.25, 0.3) is 0 Å². The standard InChI is InChI=1S/C22H24O6S2/c1-5-12(3)29(26)15-10-17-20(23)16-9-14(22(24)25)7-8-18(16)28-21(17)19(11-15)30(27)13(4)6-2/h7-13H,5-6H2,1-4H3,(H,24,25). The van der Waals surface area contributed by atoms with Crippen molar-refractivity contribution in [1.82, 2.24) is 0 Å². The summed E-state index contributed by atoms with van der Waals surface area (Å²) < 4.78 is 32.1. The summed E-state index contributed by atoms with van der Waals surface area (Å²) >= 11 is -2.86. The van der Waals surface area contributed by atoms with Gasteiger partial charge in [0.05, 0.1) is 22.4 Å². The zero-order chi connectivity index (χ0) is 22.2. The zero-order valence-corrected chi connectivity index (χ0v) is 18.9. The fraction of sp³-hybridized carbons (Fsp3) is 0.364. The predicted molar refractivity (Wildman–Crippen MR) is 119 cm³/mol. The van der Waals surface area contributed by atoms with Gasteiger partial charge in [-0.1, -0.05) is 13.8 Å². The zero-order valence-electron chi connectivity index (χ0n) is 17.3. The average molecular weight is 449 g/mol. The van der Waals surface area contributed by atoms with Gasteiger partial charge in [0.15, 0.2) is 10.5 Å². The van der Waals surface area contributed by atoms with E-state index in [2.05, 4.69) is 0 Å². The molecule has 4 unspecified atom stereocenters. The van der Waals surface area contributed by atoms with E-state index >= 15 is 0 Å². The van der Waals surface area contributed by atoms with Crippen LogP contribution < -0.4 is 5.43 Å². The molecular formula is C22H24O6S2. The van der Waals surface area contributed by atoms with Crippen LogP contribution in [-0.4, -0.2) is 30.7 Å². The number of carboxylic acids is 1. The van der Waals surface area contributed by atoms with Crippen molar-refractivity contribution in [2.75, 3.05) is 0 Å². The van der Waals surface area contributed by atoms with Gasteiger partial charge in [-0.15, -0.1) is 0 Å². The highest BCUT2D eigenvalue weighted by Gasteiger charge is 2.29. The number of aromatic carboxylic acids is 1. The second-order valence-corrected chi connectivity index (χ2v) is 11.0. The van der Waals surface area contributed by atoms with E-state index in [0.717, 1.165) is 0 Å². The maximum Gasteiger partial charge on any atom is 0.335 e. The minimum absolute atomic E-state index is 0.0307. The minimum atomic E-state index is -1.47. The molecule has 0 saturated carbocycles. The van der Waals surface area contributed by atoms with Gasteiger partial charge < -0.3 is 18.6 Å². The Hall–Kier alpha value is -2.00. The van der Waals surface area contributed by atoms with Crippen LogP contribution in [0.25, 0.3) is 21.9 Å². The van der Waals surface area contributed by atoms with Crippen molar-refractivity contribution in [3.8, 4) is 0 Å². The second kappa shape index (κ2) is 9.01. The van der Waals surface area contributed by atoms with E-state index in [1.807, 2.05) is 27.7 Å². The molecule has 0 aliphatic heterocycles. The maximum absolute atomic E-state index is 13.2. The number of rotatable bonds is 7. The minimum Gasteiger partial charge on any atom is -0.611 e. The van der Waals surface area contributed by atoms with Crippen LogP contribution in [0.5, 0.6) is 0 Å². The molecule has 0 amide bonds. The number of fused-ring (bicyclic) bond motifs is 2. The first kappa shape index (κ1) is 22.7. The van der Waals surface area contributed by atoms with Gasteiger partial charge in [-0.25, -0.2) is 4.79 Å². The Kier molecular flexibility index (Phi) is 6.81. The highest BCUT2D eigenvalue weighted by atomic mass is 32.2. The fourth-order valence-electron chi connectivity index (χ4n) is 3.05. The Labute approximate surface area is 180 Å². The molecular weight excluding hydrogens is 424 g/mol. The van der Waals surface area contributed by atoms with Gasteiger partial charge in [-0.05, 0) is 67.2 Å². The summed E-state index contributed by atoms with van der Waals surface area (Å²) in [5.41, 5.74) is -0.0496. The third-order valence-electron chi connectivity index (χ3n) is 5.29. The van der Waals surface area contributed by atoms with E-state index in [1.54, 1.807) is 6.07 Å². The SMILES string of the molecule is CCC(C)[S+]([O-])c1cc([S+]([O-])C(C)CC)c2oc3ccc(C(=O)O)cc3c(=O)c2c1. The number of carbonyl (C=O) groups is 1. The fourth-order valence-corrected chi connectivity index (χ4v) is 5.68. The normalized spacial score (nSPS) is 15.8. The van der Waals surface area contributed by atoms with E-state index < -0.39 is 33.7 Å². The quantitative estimate of drug-likeness (QED) is 0.422. The molecule has 1 aromatic heterocycles. The summed E-state index contributed by atoms with van der Waals surface area (Å²) in [7, 11) is 0. The molecule has 0 saturated heterocycles. The molecule has 30 heavy (non-hydrogen) atoms. The Balaban J connectivity index is 2.38. The van der Waals surface area contributed by atoms with Gasteiger partial charge >= 0.3 is 5.97 Å². The first-order valence-electron chi connectivity index (χ1n) is 9.78. The third kappa shape index (κ3) is 4.09. The first-order valence-corrected chi connectivity index (χ1v) is 12.2. The monoisotopic (exact) mass is 448 g/mol. The summed E-state index contributed by atoms with van der Waals surface area (Å²) in [5.74, 6) is -1.15. The van der Waals surface area contributed by atoms with Crippen LogP contribution >= 0.6 is 0 Å². The average Bonchev–Trinajstić information content (AvgIpc) is 2.76. The van der Waals surface area contributed by atoms with Crippen molar-refractivity contribution in [3.63, 3.8) is 0 Å². The van der Waals surface area contributed by atoms with Crippen LogP contribution in [-0.2, 0) is 22.4 Å². The lowest BCUT2D eigenvalue weighted by Crippen LogP contribution is -2.21. The Morgan fingerprint density at radius 3 is 2.27 bits per heavy atom. The molecule has 160 valence electrons. The molecule has 0 bridgehead atoms. The highest BCUT2D eigenvalue weighted by Crippen LogP contribution is 2.32. The lowest BCUT2D eigenvalue weighted by molar-refractivity contribution is 0.0697. The van der Waals surface area contributed by atoms with Gasteiger partial charge in [0, 0.05) is 6.07 Å². The van der Waals surface area contributed by atoms with Crippen LogP contribution in [0.3, 0.4) is 0 Å². The predicted octanol–water partition coefficient (Wildman–Crippen LogP) is 4.46. The molecule has 0 radical (unpaired) electrons. The molecule has 0 aliphatic carbocycles. The number of hydrogen-bond donors (Lipinski definition) is 1. The van der Waals surface area contributed by atoms with E-state index in [0.29, 0.717) is 22.6 Å². The van der Waals surface area contributed by atoms with E-state index in [4.69, 9.17) is 4.42 Å². The molecule has 0 fully saturated rings. The Morgan fingerprint density at radius 2 is 1.67 bits per heavy atom. The van der Waals surface area contributed by atoms with Crippen LogP contribution in [0, 0.1) is 0 Å². The first-order chi connectivity index (χ1) is 14.2. The summed E-state index contributed by atoms with van der Waals surface area (Å²) in [6, 6.07) is 7.20. The summed E-state index contributed by atoms with van der Waals surface area (Å²) in [5, 5.41) is 9.20. The van der Waals surface area contributed by atoms with Crippen molar-refractivity contribution < 1.29 is 23.4 Å². The van der Waals surface area contributed by atoms with Crippen LogP contribution in [0.1, 0.15) is 50.9 Å².